The zero-order valence-electron chi connectivity index (χ0n) is 18.4. The second-order valence-corrected chi connectivity index (χ2v) is 9.42. The Labute approximate surface area is 201 Å². The molecule has 174 valence electrons. The Morgan fingerprint density at radius 1 is 1.21 bits per heavy atom. The molecule has 33 heavy (non-hydrogen) atoms. The standard InChI is InChI=1S/C24H27BrN4O4/c1-15-12-16(6-7-19(15)25)13-21(22(30)31)27-23(32)28-10-8-18(9-11-28)29-14-17-4-2-3-5-20(17)26-24(29)33/h2-7,12,18,21H,8-11,13-14H2,1H3,(H,26,33)(H,27,32)(H,30,31). The van der Waals surface area contributed by atoms with Gasteiger partial charge in [0.05, 0.1) is 0 Å². The lowest BCUT2D eigenvalue weighted by molar-refractivity contribution is -0.139. The first-order chi connectivity index (χ1) is 15.8. The number of aliphatic carboxylic acids is 1. The van der Waals surface area contributed by atoms with Gasteiger partial charge in [-0.25, -0.2) is 14.4 Å². The van der Waals surface area contributed by atoms with Crippen molar-refractivity contribution in [3.8, 4) is 0 Å². The fraction of sp³-hybridized carbons (Fsp3) is 0.375. The highest BCUT2D eigenvalue weighted by molar-refractivity contribution is 9.10. The van der Waals surface area contributed by atoms with E-state index in [1.54, 1.807) is 4.90 Å². The highest BCUT2D eigenvalue weighted by Crippen LogP contribution is 2.27. The number of nitrogens with one attached hydrogen (secondary N) is 2. The van der Waals surface area contributed by atoms with Gasteiger partial charge in [-0.15, -0.1) is 0 Å². The molecule has 1 unspecified atom stereocenters. The number of aryl methyl sites for hydroxylation is 1. The second kappa shape index (κ2) is 9.82. The fourth-order valence-electron chi connectivity index (χ4n) is 4.41. The van der Waals surface area contributed by atoms with Crippen molar-refractivity contribution < 1.29 is 19.5 Å². The van der Waals surface area contributed by atoms with Crippen LogP contribution >= 0.6 is 15.9 Å². The number of carbonyl (C=O) groups is 3. The van der Waals surface area contributed by atoms with Gasteiger partial charge in [-0.2, -0.15) is 0 Å². The van der Waals surface area contributed by atoms with Crippen molar-refractivity contribution in [3.05, 3.63) is 63.6 Å². The van der Waals surface area contributed by atoms with Crippen LogP contribution in [0.4, 0.5) is 15.3 Å². The lowest BCUT2D eigenvalue weighted by atomic mass is 10.0. The normalized spacial score (nSPS) is 17.2. The van der Waals surface area contributed by atoms with Gasteiger partial charge in [-0.3, -0.25) is 0 Å². The van der Waals surface area contributed by atoms with Crippen LogP contribution in [-0.2, 0) is 17.8 Å². The quantitative estimate of drug-likeness (QED) is 0.561. The number of nitrogens with zero attached hydrogens (tertiary/aromatic N) is 2. The summed E-state index contributed by atoms with van der Waals surface area (Å²) in [6.07, 6.45) is 1.50. The molecule has 2 aromatic carbocycles. The number of piperidine rings is 1. The molecule has 1 saturated heterocycles. The largest absolute Gasteiger partial charge is 0.480 e. The van der Waals surface area contributed by atoms with Crippen LogP contribution in [0.3, 0.4) is 0 Å². The maximum atomic E-state index is 12.8. The van der Waals surface area contributed by atoms with E-state index in [1.165, 1.54) is 0 Å². The van der Waals surface area contributed by atoms with E-state index in [2.05, 4.69) is 26.6 Å². The van der Waals surface area contributed by atoms with E-state index in [-0.39, 0.29) is 24.5 Å². The summed E-state index contributed by atoms with van der Waals surface area (Å²) < 4.78 is 0.955. The molecule has 4 rings (SSSR count). The van der Waals surface area contributed by atoms with Gasteiger partial charge in [0.1, 0.15) is 6.04 Å². The first-order valence-corrected chi connectivity index (χ1v) is 11.8. The molecule has 0 spiro atoms. The first-order valence-electron chi connectivity index (χ1n) is 11.0. The van der Waals surface area contributed by atoms with Crippen molar-refractivity contribution in [2.24, 2.45) is 0 Å². The third-order valence-electron chi connectivity index (χ3n) is 6.31. The molecule has 9 heteroatoms. The molecule has 2 aromatic rings. The minimum absolute atomic E-state index is 0.0309. The molecule has 1 fully saturated rings. The van der Waals surface area contributed by atoms with E-state index in [0.29, 0.717) is 32.5 Å². The number of carboxylic acid groups (broad SMARTS) is 1. The molecule has 0 saturated carbocycles. The number of anilines is 1. The van der Waals surface area contributed by atoms with Gasteiger partial charge in [0, 0.05) is 42.3 Å². The van der Waals surface area contributed by atoms with Gasteiger partial charge >= 0.3 is 18.0 Å². The number of rotatable bonds is 5. The Morgan fingerprint density at radius 2 is 1.94 bits per heavy atom. The lowest BCUT2D eigenvalue weighted by Gasteiger charge is -2.40. The average molecular weight is 515 g/mol. The van der Waals surface area contributed by atoms with Crippen LogP contribution in [0.15, 0.2) is 46.9 Å². The molecule has 0 bridgehead atoms. The molecule has 1 atom stereocenters. The Kier molecular flexibility index (Phi) is 6.88. The summed E-state index contributed by atoms with van der Waals surface area (Å²) >= 11 is 3.44. The van der Waals surface area contributed by atoms with Crippen LogP contribution in [0, 0.1) is 6.92 Å². The number of hydrogen-bond donors (Lipinski definition) is 3. The number of hydrogen-bond acceptors (Lipinski definition) is 3. The van der Waals surface area contributed by atoms with E-state index in [1.807, 2.05) is 54.3 Å². The number of carboxylic acids is 1. The highest BCUT2D eigenvalue weighted by Gasteiger charge is 2.33. The number of urea groups is 2. The Bertz CT molecular complexity index is 1070. The van der Waals surface area contributed by atoms with E-state index >= 15 is 0 Å². The third kappa shape index (κ3) is 5.30. The smallest absolute Gasteiger partial charge is 0.326 e. The zero-order valence-corrected chi connectivity index (χ0v) is 20.0. The van der Waals surface area contributed by atoms with Crippen molar-refractivity contribution in [2.75, 3.05) is 18.4 Å². The third-order valence-corrected chi connectivity index (χ3v) is 7.20. The highest BCUT2D eigenvalue weighted by atomic mass is 79.9. The summed E-state index contributed by atoms with van der Waals surface area (Å²) in [4.78, 5) is 40.6. The molecule has 4 amide bonds. The minimum Gasteiger partial charge on any atom is -0.480 e. The number of halogens is 1. The van der Waals surface area contributed by atoms with Gasteiger partial charge < -0.3 is 25.5 Å². The topological polar surface area (TPSA) is 102 Å². The molecule has 0 aliphatic carbocycles. The van der Waals surface area contributed by atoms with Crippen molar-refractivity contribution in [1.29, 1.82) is 0 Å². The number of para-hydroxylation sites is 1. The summed E-state index contributed by atoms with van der Waals surface area (Å²) in [6.45, 7) is 3.41. The molecule has 2 heterocycles. The minimum atomic E-state index is -1.07. The van der Waals surface area contributed by atoms with Gasteiger partial charge in [0.2, 0.25) is 0 Å². The fourth-order valence-corrected chi connectivity index (χ4v) is 4.65. The van der Waals surface area contributed by atoms with E-state index in [0.717, 1.165) is 26.9 Å². The van der Waals surface area contributed by atoms with Crippen LogP contribution in [0.2, 0.25) is 0 Å². The SMILES string of the molecule is Cc1cc(CC(NC(=O)N2CCC(N3Cc4ccccc4NC3=O)CC2)C(=O)O)ccc1Br. The predicted molar refractivity (Wildman–Crippen MR) is 128 cm³/mol. The van der Waals surface area contributed by atoms with Crippen LogP contribution in [0.5, 0.6) is 0 Å². The van der Waals surface area contributed by atoms with Crippen LogP contribution in [-0.4, -0.2) is 58.1 Å². The van der Waals surface area contributed by atoms with Crippen molar-refractivity contribution in [1.82, 2.24) is 15.1 Å². The average Bonchev–Trinajstić information content (AvgIpc) is 2.80. The van der Waals surface area contributed by atoms with Gasteiger partial charge in [-0.1, -0.05) is 46.3 Å². The summed E-state index contributed by atoms with van der Waals surface area (Å²) in [5.41, 5.74) is 3.77. The summed E-state index contributed by atoms with van der Waals surface area (Å²) in [7, 11) is 0. The summed E-state index contributed by atoms with van der Waals surface area (Å²) in [6, 6.07) is 11.9. The molecule has 2 aliphatic rings. The molecule has 0 radical (unpaired) electrons. The van der Waals surface area contributed by atoms with Crippen molar-refractivity contribution in [3.63, 3.8) is 0 Å². The first kappa shape index (κ1) is 23.1. The number of likely N-dealkylation sites (tertiary alicyclic amines) is 1. The molecule has 8 nitrogen and oxygen atoms in total. The second-order valence-electron chi connectivity index (χ2n) is 8.56. The maximum absolute atomic E-state index is 12.8. The predicted octanol–water partition coefficient (Wildman–Crippen LogP) is 3.97. The van der Waals surface area contributed by atoms with Crippen LogP contribution < -0.4 is 10.6 Å². The van der Waals surface area contributed by atoms with E-state index in [9.17, 15) is 19.5 Å². The summed E-state index contributed by atoms with van der Waals surface area (Å²) in [5, 5.41) is 15.2. The Morgan fingerprint density at radius 3 is 2.64 bits per heavy atom. The molecule has 3 N–H and O–H groups in total. The van der Waals surface area contributed by atoms with Gasteiger partial charge in [0.15, 0.2) is 0 Å². The van der Waals surface area contributed by atoms with Crippen molar-refractivity contribution in [2.45, 2.75) is 44.8 Å². The molecule has 0 aromatic heterocycles. The van der Waals surface area contributed by atoms with Crippen molar-refractivity contribution >= 4 is 39.6 Å². The zero-order chi connectivity index (χ0) is 23.5. The van der Waals surface area contributed by atoms with Gasteiger partial charge in [0.25, 0.3) is 0 Å². The number of fused-ring (bicyclic) bond motifs is 1. The van der Waals surface area contributed by atoms with Gasteiger partial charge in [-0.05, 0) is 48.6 Å². The summed E-state index contributed by atoms with van der Waals surface area (Å²) in [5.74, 6) is -1.07. The Hall–Kier alpha value is -3.07. The van der Waals surface area contributed by atoms with E-state index in [4.69, 9.17) is 0 Å². The number of benzene rings is 2. The monoisotopic (exact) mass is 514 g/mol. The van der Waals surface area contributed by atoms with Crippen LogP contribution in [0.1, 0.15) is 29.5 Å². The Balaban J connectivity index is 1.33. The molecular weight excluding hydrogens is 488 g/mol. The molecular formula is C24H27BrN4O4. The maximum Gasteiger partial charge on any atom is 0.326 e. The van der Waals surface area contributed by atoms with Crippen LogP contribution in [0.25, 0.3) is 0 Å². The number of amides is 4. The van der Waals surface area contributed by atoms with E-state index < -0.39 is 12.0 Å². The lowest BCUT2D eigenvalue weighted by Crippen LogP contribution is -2.54. The molecule has 2 aliphatic heterocycles. The number of carbonyl (C=O) groups excluding carboxylic acids is 2.